The van der Waals surface area contributed by atoms with E-state index in [9.17, 15) is 0 Å². The second-order valence-corrected chi connectivity index (χ2v) is 5.83. The van der Waals surface area contributed by atoms with Crippen LogP contribution in [0.1, 0.15) is 0 Å². The first-order valence-electron chi connectivity index (χ1n) is 7.58. The van der Waals surface area contributed by atoms with Gasteiger partial charge in [-0.25, -0.2) is 9.97 Å². The van der Waals surface area contributed by atoms with Gasteiger partial charge in [0.15, 0.2) is 0 Å². The summed E-state index contributed by atoms with van der Waals surface area (Å²) in [5.74, 6) is 0.648. The van der Waals surface area contributed by atoms with Crippen molar-refractivity contribution >= 4 is 49.4 Å². The molecule has 2 heterocycles. The van der Waals surface area contributed by atoms with E-state index in [4.69, 9.17) is 10.1 Å². The van der Waals surface area contributed by atoms with E-state index in [2.05, 4.69) is 41.4 Å². The Bertz CT molecular complexity index is 1360. The third kappa shape index (κ3) is 1.29. The fraction of sp³-hybridized carbons (Fsp3) is 0. The summed E-state index contributed by atoms with van der Waals surface area (Å²) in [5.41, 5.74) is 3.77. The standard InChI is InChI=1S/C19H10N4/c1-2-10-15-14(9-1)20-19-21-17-12-7-3-5-11-6-4-8-13(16(11)12)18(17)22-23(15)19/h1-10H. The fourth-order valence-corrected chi connectivity index (χ4v) is 3.58. The third-order valence-electron chi connectivity index (χ3n) is 4.57. The van der Waals surface area contributed by atoms with Gasteiger partial charge in [-0.3, -0.25) is 0 Å². The van der Waals surface area contributed by atoms with E-state index in [1.54, 1.807) is 0 Å². The van der Waals surface area contributed by atoms with Crippen LogP contribution in [0.4, 0.5) is 0 Å². The summed E-state index contributed by atoms with van der Waals surface area (Å²) in [6.07, 6.45) is 0. The summed E-state index contributed by atoms with van der Waals surface area (Å²) in [6.45, 7) is 0. The highest BCUT2D eigenvalue weighted by Gasteiger charge is 2.16. The number of aromatic nitrogens is 4. The lowest BCUT2D eigenvalue weighted by molar-refractivity contribution is 0.976. The van der Waals surface area contributed by atoms with Crippen LogP contribution in [0.15, 0.2) is 60.7 Å². The maximum absolute atomic E-state index is 4.88. The molecule has 0 N–H and O–H groups in total. The van der Waals surface area contributed by atoms with Gasteiger partial charge in [-0.05, 0) is 17.5 Å². The largest absolute Gasteiger partial charge is 0.252 e. The molecule has 0 aliphatic rings. The van der Waals surface area contributed by atoms with Crippen molar-refractivity contribution in [3.63, 3.8) is 0 Å². The lowest BCUT2D eigenvalue weighted by atomic mass is 10.1. The highest BCUT2D eigenvalue weighted by Crippen LogP contribution is 2.36. The molecule has 0 saturated carbocycles. The number of rotatable bonds is 0. The van der Waals surface area contributed by atoms with E-state index in [1.165, 1.54) is 10.8 Å². The van der Waals surface area contributed by atoms with Gasteiger partial charge < -0.3 is 0 Å². The first kappa shape index (κ1) is 11.3. The second kappa shape index (κ2) is 3.73. The van der Waals surface area contributed by atoms with Gasteiger partial charge in [-0.2, -0.15) is 9.61 Å². The molecule has 0 radical (unpaired) electrons. The van der Waals surface area contributed by atoms with Crippen LogP contribution in [0.25, 0.3) is 49.4 Å². The number of nitrogens with zero attached hydrogens (tertiary/aromatic N) is 4. The number of hydrogen-bond donors (Lipinski definition) is 0. The molecule has 4 nitrogen and oxygen atoms in total. The Morgan fingerprint density at radius 2 is 1.48 bits per heavy atom. The molecule has 0 atom stereocenters. The van der Waals surface area contributed by atoms with Crippen molar-refractivity contribution in [2.45, 2.75) is 0 Å². The fourth-order valence-electron chi connectivity index (χ4n) is 3.58. The lowest BCUT2D eigenvalue weighted by Gasteiger charge is -1.96. The Labute approximate surface area is 130 Å². The number of imidazole rings is 1. The molecule has 0 saturated heterocycles. The van der Waals surface area contributed by atoms with Crippen molar-refractivity contribution in [3.8, 4) is 0 Å². The minimum atomic E-state index is 0.648. The molecule has 0 amide bonds. The van der Waals surface area contributed by atoms with Gasteiger partial charge in [0.25, 0.3) is 5.78 Å². The molecule has 0 unspecified atom stereocenters. The smallest absolute Gasteiger partial charge is 0.209 e. The molecule has 6 aromatic rings. The van der Waals surface area contributed by atoms with Gasteiger partial charge in [-0.1, -0.05) is 48.5 Å². The van der Waals surface area contributed by atoms with E-state index < -0.39 is 0 Å². The van der Waals surface area contributed by atoms with Gasteiger partial charge in [0.2, 0.25) is 0 Å². The van der Waals surface area contributed by atoms with E-state index in [1.807, 2.05) is 28.8 Å². The van der Waals surface area contributed by atoms with Crippen LogP contribution in [0.3, 0.4) is 0 Å². The molecule has 4 aromatic carbocycles. The first-order chi connectivity index (χ1) is 11.4. The molecule has 23 heavy (non-hydrogen) atoms. The molecule has 0 aliphatic heterocycles. The normalized spacial score (nSPS) is 12.3. The van der Waals surface area contributed by atoms with E-state index in [-0.39, 0.29) is 0 Å². The third-order valence-corrected chi connectivity index (χ3v) is 4.57. The molecular formula is C19H10N4. The van der Waals surface area contributed by atoms with E-state index >= 15 is 0 Å². The van der Waals surface area contributed by atoms with E-state index in [0.717, 1.165) is 32.8 Å². The van der Waals surface area contributed by atoms with E-state index in [0.29, 0.717) is 5.78 Å². The summed E-state index contributed by atoms with van der Waals surface area (Å²) in [5, 5.41) is 9.64. The van der Waals surface area contributed by atoms with Crippen molar-refractivity contribution in [1.29, 1.82) is 0 Å². The summed E-state index contributed by atoms with van der Waals surface area (Å²) >= 11 is 0. The Hall–Kier alpha value is -3.27. The van der Waals surface area contributed by atoms with Gasteiger partial charge in [0.1, 0.15) is 11.0 Å². The molecule has 106 valence electrons. The first-order valence-corrected chi connectivity index (χ1v) is 7.58. The predicted octanol–water partition coefficient (Wildman–Crippen LogP) is 4.17. The van der Waals surface area contributed by atoms with Crippen molar-refractivity contribution in [1.82, 2.24) is 19.6 Å². The molecule has 6 rings (SSSR count). The minimum Gasteiger partial charge on any atom is -0.209 e. The van der Waals surface area contributed by atoms with Crippen LogP contribution < -0.4 is 0 Å². The van der Waals surface area contributed by atoms with Crippen molar-refractivity contribution < 1.29 is 0 Å². The van der Waals surface area contributed by atoms with Crippen molar-refractivity contribution in [3.05, 3.63) is 60.7 Å². The SMILES string of the molecule is c1ccc2c(c1)nc1nc3c4cccc5cccc(c3nn12)c54. The highest BCUT2D eigenvalue weighted by molar-refractivity contribution is 6.27. The van der Waals surface area contributed by atoms with Crippen LogP contribution in [-0.2, 0) is 0 Å². The minimum absolute atomic E-state index is 0.648. The molecule has 4 heteroatoms. The average molecular weight is 294 g/mol. The van der Waals surface area contributed by atoms with Gasteiger partial charge in [-0.15, -0.1) is 0 Å². The molecule has 0 spiro atoms. The van der Waals surface area contributed by atoms with Crippen LogP contribution in [0, 0.1) is 0 Å². The monoisotopic (exact) mass is 294 g/mol. The zero-order valence-electron chi connectivity index (χ0n) is 12.1. The maximum Gasteiger partial charge on any atom is 0.252 e. The zero-order valence-corrected chi connectivity index (χ0v) is 12.1. The Morgan fingerprint density at radius 3 is 2.35 bits per heavy atom. The zero-order chi connectivity index (χ0) is 15.0. The average Bonchev–Trinajstić information content (AvgIpc) is 3.11. The van der Waals surface area contributed by atoms with Crippen molar-refractivity contribution in [2.75, 3.05) is 0 Å². The highest BCUT2D eigenvalue weighted by atomic mass is 15.3. The topological polar surface area (TPSA) is 43.1 Å². The van der Waals surface area contributed by atoms with Crippen LogP contribution in [0.5, 0.6) is 0 Å². The predicted molar refractivity (Wildman–Crippen MR) is 92.0 cm³/mol. The summed E-state index contributed by atoms with van der Waals surface area (Å²) in [6, 6.07) is 20.7. The number of benzene rings is 3. The lowest BCUT2D eigenvalue weighted by Crippen LogP contribution is -1.94. The number of para-hydroxylation sites is 2. The molecule has 2 aromatic heterocycles. The van der Waals surface area contributed by atoms with Crippen molar-refractivity contribution in [2.24, 2.45) is 0 Å². The van der Waals surface area contributed by atoms with Crippen LogP contribution >= 0.6 is 0 Å². The molecule has 0 aliphatic carbocycles. The van der Waals surface area contributed by atoms with Crippen LogP contribution in [-0.4, -0.2) is 19.6 Å². The quantitative estimate of drug-likeness (QED) is 0.422. The molecule has 0 fully saturated rings. The second-order valence-electron chi connectivity index (χ2n) is 5.83. The Balaban J connectivity index is 1.96. The maximum atomic E-state index is 4.88. The molecular weight excluding hydrogens is 284 g/mol. The number of hydrogen-bond acceptors (Lipinski definition) is 3. The van der Waals surface area contributed by atoms with Gasteiger partial charge in [0, 0.05) is 16.2 Å². The van der Waals surface area contributed by atoms with Crippen LogP contribution in [0.2, 0.25) is 0 Å². The number of fused-ring (bicyclic) bond motifs is 6. The van der Waals surface area contributed by atoms with Gasteiger partial charge in [0.05, 0.1) is 11.0 Å². The van der Waals surface area contributed by atoms with Gasteiger partial charge >= 0.3 is 0 Å². The Kier molecular flexibility index (Phi) is 1.84. The molecule has 0 bridgehead atoms. The Morgan fingerprint density at radius 1 is 0.696 bits per heavy atom. The summed E-state index contributed by atoms with van der Waals surface area (Å²) in [7, 11) is 0. The summed E-state index contributed by atoms with van der Waals surface area (Å²) in [4.78, 5) is 9.43. The summed E-state index contributed by atoms with van der Waals surface area (Å²) < 4.78 is 1.85.